The summed E-state index contributed by atoms with van der Waals surface area (Å²) < 4.78 is 1.66. The Morgan fingerprint density at radius 3 is 2.91 bits per heavy atom. The molecule has 1 aliphatic heterocycles. The maximum Gasteiger partial charge on any atom is 0.257 e. The summed E-state index contributed by atoms with van der Waals surface area (Å²) >= 11 is 1.71. The average molecular weight is 326 g/mol. The van der Waals surface area contributed by atoms with E-state index >= 15 is 0 Å². The van der Waals surface area contributed by atoms with Crippen molar-refractivity contribution in [1.29, 1.82) is 0 Å². The summed E-state index contributed by atoms with van der Waals surface area (Å²) in [7, 11) is 0. The quantitative estimate of drug-likeness (QED) is 0.726. The van der Waals surface area contributed by atoms with E-state index in [2.05, 4.69) is 35.4 Å². The first kappa shape index (κ1) is 14.4. The molecule has 6 heteroatoms. The van der Waals surface area contributed by atoms with Crippen LogP contribution in [0.5, 0.6) is 0 Å². The minimum atomic E-state index is 0.0325. The number of aryl methyl sites for hydroxylation is 1. The standard InChI is InChI=1S/C17H18N4OS/c1-11-12(9-21-14(19-11)6-7-18-21)16(22)20-10-17(2,3)15(20)13-5-4-8-23-13/h4-9,15H,10H2,1-3H3. The Kier molecular flexibility index (Phi) is 3.06. The highest BCUT2D eigenvalue weighted by Gasteiger charge is 2.49. The molecule has 5 nitrogen and oxygen atoms in total. The van der Waals surface area contributed by atoms with E-state index in [-0.39, 0.29) is 17.4 Å². The van der Waals surface area contributed by atoms with Crippen LogP contribution in [0.25, 0.3) is 5.65 Å². The largest absolute Gasteiger partial charge is 0.329 e. The van der Waals surface area contributed by atoms with Crippen molar-refractivity contribution in [3.8, 4) is 0 Å². The molecule has 1 atom stereocenters. The number of hydrogen-bond acceptors (Lipinski definition) is 4. The van der Waals surface area contributed by atoms with Crippen LogP contribution in [0.15, 0.2) is 36.0 Å². The van der Waals surface area contributed by atoms with Gasteiger partial charge in [-0.2, -0.15) is 5.10 Å². The second-order valence-electron chi connectivity index (χ2n) is 6.71. The Morgan fingerprint density at radius 2 is 2.22 bits per heavy atom. The summed E-state index contributed by atoms with van der Waals surface area (Å²) in [6.45, 7) is 7.06. The molecule has 3 aromatic heterocycles. The number of aromatic nitrogens is 3. The maximum absolute atomic E-state index is 13.1. The van der Waals surface area contributed by atoms with Gasteiger partial charge in [-0.25, -0.2) is 9.50 Å². The molecule has 0 radical (unpaired) electrons. The molecule has 1 unspecified atom stereocenters. The van der Waals surface area contributed by atoms with Crippen molar-refractivity contribution in [3.05, 3.63) is 52.1 Å². The molecule has 3 aromatic rings. The molecular formula is C17H18N4OS. The van der Waals surface area contributed by atoms with Gasteiger partial charge in [0.15, 0.2) is 5.65 Å². The third-order valence-electron chi connectivity index (χ3n) is 4.51. The molecule has 1 fully saturated rings. The van der Waals surface area contributed by atoms with Crippen molar-refractivity contribution in [2.24, 2.45) is 5.41 Å². The van der Waals surface area contributed by atoms with Crippen molar-refractivity contribution < 1.29 is 4.79 Å². The van der Waals surface area contributed by atoms with E-state index in [0.717, 1.165) is 17.9 Å². The first-order valence-corrected chi connectivity index (χ1v) is 8.51. The van der Waals surface area contributed by atoms with Gasteiger partial charge < -0.3 is 4.90 Å². The van der Waals surface area contributed by atoms with Crippen molar-refractivity contribution in [2.75, 3.05) is 6.54 Å². The van der Waals surface area contributed by atoms with Gasteiger partial charge in [-0.1, -0.05) is 19.9 Å². The summed E-state index contributed by atoms with van der Waals surface area (Å²) in [4.78, 5) is 20.7. The molecule has 0 bridgehead atoms. The van der Waals surface area contributed by atoms with Gasteiger partial charge in [-0.3, -0.25) is 4.79 Å². The van der Waals surface area contributed by atoms with E-state index < -0.39 is 0 Å². The SMILES string of the molecule is Cc1nc2ccnn2cc1C(=O)N1CC(C)(C)C1c1cccs1. The van der Waals surface area contributed by atoms with Crippen molar-refractivity contribution in [2.45, 2.75) is 26.8 Å². The van der Waals surface area contributed by atoms with Crippen LogP contribution in [0.3, 0.4) is 0 Å². The summed E-state index contributed by atoms with van der Waals surface area (Å²) in [5.41, 5.74) is 2.23. The second kappa shape index (κ2) is 4.89. The topological polar surface area (TPSA) is 50.5 Å². The van der Waals surface area contributed by atoms with Crippen molar-refractivity contribution in [1.82, 2.24) is 19.5 Å². The van der Waals surface area contributed by atoms with Gasteiger partial charge in [0, 0.05) is 29.1 Å². The van der Waals surface area contributed by atoms with Gasteiger partial charge in [0.1, 0.15) is 0 Å². The summed E-state index contributed by atoms with van der Waals surface area (Å²) in [5.74, 6) is 0.0325. The molecular weight excluding hydrogens is 308 g/mol. The predicted molar refractivity (Wildman–Crippen MR) is 89.6 cm³/mol. The Morgan fingerprint density at radius 1 is 1.39 bits per heavy atom. The summed E-state index contributed by atoms with van der Waals surface area (Å²) in [6.07, 6.45) is 3.48. The van der Waals surface area contributed by atoms with E-state index in [1.807, 2.05) is 24.0 Å². The highest BCUT2D eigenvalue weighted by Crippen LogP contribution is 2.50. The molecule has 0 spiro atoms. The highest BCUT2D eigenvalue weighted by molar-refractivity contribution is 7.10. The number of amides is 1. The van der Waals surface area contributed by atoms with E-state index in [9.17, 15) is 4.79 Å². The minimum absolute atomic E-state index is 0.0325. The minimum Gasteiger partial charge on any atom is -0.329 e. The van der Waals surface area contributed by atoms with E-state index in [1.54, 1.807) is 28.2 Å². The molecule has 1 aliphatic rings. The van der Waals surface area contributed by atoms with Crippen LogP contribution >= 0.6 is 11.3 Å². The zero-order valence-corrected chi connectivity index (χ0v) is 14.2. The van der Waals surface area contributed by atoms with Crippen LogP contribution in [0.1, 0.15) is 40.8 Å². The lowest BCUT2D eigenvalue weighted by atomic mass is 9.74. The third kappa shape index (κ3) is 2.16. The lowest BCUT2D eigenvalue weighted by Crippen LogP contribution is -2.57. The van der Waals surface area contributed by atoms with Crippen LogP contribution in [-0.2, 0) is 0 Å². The zero-order chi connectivity index (χ0) is 16.2. The monoisotopic (exact) mass is 326 g/mol. The van der Waals surface area contributed by atoms with Crippen LogP contribution < -0.4 is 0 Å². The van der Waals surface area contributed by atoms with Gasteiger partial charge >= 0.3 is 0 Å². The molecule has 23 heavy (non-hydrogen) atoms. The molecule has 0 aliphatic carbocycles. The summed E-state index contributed by atoms with van der Waals surface area (Å²) in [6, 6.07) is 6.11. The van der Waals surface area contributed by atoms with Gasteiger partial charge in [-0.15, -0.1) is 11.3 Å². The highest BCUT2D eigenvalue weighted by atomic mass is 32.1. The van der Waals surface area contributed by atoms with Crippen molar-refractivity contribution in [3.63, 3.8) is 0 Å². The van der Waals surface area contributed by atoms with Gasteiger partial charge in [0.05, 0.1) is 23.5 Å². The number of rotatable bonds is 2. The number of carbonyl (C=O) groups excluding carboxylic acids is 1. The Bertz CT molecular complexity index is 881. The number of fused-ring (bicyclic) bond motifs is 1. The first-order valence-electron chi connectivity index (χ1n) is 7.63. The smallest absolute Gasteiger partial charge is 0.257 e. The first-order chi connectivity index (χ1) is 11.0. The normalized spacial score (nSPS) is 19.8. The lowest BCUT2D eigenvalue weighted by molar-refractivity contribution is -0.0306. The molecule has 1 saturated heterocycles. The zero-order valence-electron chi connectivity index (χ0n) is 13.4. The predicted octanol–water partition coefficient (Wildman–Crippen LogP) is 3.32. The number of carbonyl (C=O) groups is 1. The molecule has 1 amide bonds. The fourth-order valence-corrected chi connectivity index (χ4v) is 4.46. The molecule has 4 rings (SSSR count). The molecule has 0 N–H and O–H groups in total. The molecule has 0 saturated carbocycles. The third-order valence-corrected chi connectivity index (χ3v) is 5.43. The van der Waals surface area contributed by atoms with Crippen LogP contribution in [0.2, 0.25) is 0 Å². The van der Waals surface area contributed by atoms with Gasteiger partial charge in [0.2, 0.25) is 0 Å². The number of thiophene rings is 1. The van der Waals surface area contributed by atoms with Gasteiger partial charge in [0.25, 0.3) is 5.91 Å². The molecule has 0 aromatic carbocycles. The number of nitrogens with zero attached hydrogens (tertiary/aromatic N) is 4. The van der Waals surface area contributed by atoms with Crippen LogP contribution in [0, 0.1) is 12.3 Å². The Balaban J connectivity index is 1.72. The summed E-state index contributed by atoms with van der Waals surface area (Å²) in [5, 5.41) is 6.25. The molecule has 4 heterocycles. The van der Waals surface area contributed by atoms with E-state index in [0.29, 0.717) is 5.56 Å². The molecule has 118 valence electrons. The van der Waals surface area contributed by atoms with E-state index in [1.165, 1.54) is 4.88 Å². The average Bonchev–Trinajstić information content (AvgIpc) is 3.14. The maximum atomic E-state index is 13.1. The van der Waals surface area contributed by atoms with Crippen LogP contribution in [0.4, 0.5) is 0 Å². The fourth-order valence-electron chi connectivity index (χ4n) is 3.41. The Hall–Kier alpha value is -2.21. The second-order valence-corrected chi connectivity index (χ2v) is 7.69. The van der Waals surface area contributed by atoms with Crippen LogP contribution in [-0.4, -0.2) is 31.9 Å². The fraction of sp³-hybridized carbons (Fsp3) is 0.353. The van der Waals surface area contributed by atoms with Gasteiger partial charge in [-0.05, 0) is 18.4 Å². The van der Waals surface area contributed by atoms with Crippen molar-refractivity contribution >= 4 is 22.9 Å². The lowest BCUT2D eigenvalue weighted by Gasteiger charge is -2.54. The number of hydrogen-bond donors (Lipinski definition) is 0. The van der Waals surface area contributed by atoms with E-state index in [4.69, 9.17) is 0 Å². The number of likely N-dealkylation sites (tertiary alicyclic amines) is 1. The Labute approximate surface area is 138 Å².